The van der Waals surface area contributed by atoms with Crippen LogP contribution in [0.3, 0.4) is 0 Å². The number of rotatable bonds is 3. The highest BCUT2D eigenvalue weighted by Crippen LogP contribution is 2.38. The van der Waals surface area contributed by atoms with E-state index in [1.807, 2.05) is 32.3 Å². The van der Waals surface area contributed by atoms with E-state index in [0.29, 0.717) is 24.0 Å². The number of nitrogens with zero attached hydrogens (tertiary/aromatic N) is 7. The largest absolute Gasteiger partial charge is 0.378 e. The predicted octanol–water partition coefficient (Wildman–Crippen LogP) is 3.36. The van der Waals surface area contributed by atoms with Crippen LogP contribution in [0.2, 0.25) is 0 Å². The van der Waals surface area contributed by atoms with Crippen LogP contribution < -0.4 is 5.32 Å². The van der Waals surface area contributed by atoms with Crippen molar-refractivity contribution in [3.05, 3.63) is 36.0 Å². The van der Waals surface area contributed by atoms with Gasteiger partial charge in [0.25, 0.3) is 0 Å². The number of fused-ring (bicyclic) bond motifs is 6. The van der Waals surface area contributed by atoms with Crippen LogP contribution in [0.25, 0.3) is 16.7 Å². The fourth-order valence-corrected chi connectivity index (χ4v) is 4.81. The first-order valence-corrected chi connectivity index (χ1v) is 10.5. The van der Waals surface area contributed by atoms with Crippen molar-refractivity contribution in [3.8, 4) is 0 Å². The second-order valence-electron chi connectivity index (χ2n) is 8.54. The smallest absolute Gasteiger partial charge is 0.229 e. The van der Waals surface area contributed by atoms with E-state index in [4.69, 9.17) is 14.8 Å². The van der Waals surface area contributed by atoms with Crippen LogP contribution in [-0.4, -0.2) is 47.1 Å². The van der Waals surface area contributed by atoms with Gasteiger partial charge in [0.15, 0.2) is 11.3 Å². The van der Waals surface area contributed by atoms with E-state index in [-0.39, 0.29) is 0 Å². The second kappa shape index (κ2) is 6.73. The molecule has 0 radical (unpaired) electrons. The number of aryl methyl sites for hydroxylation is 2. The Morgan fingerprint density at radius 2 is 2.10 bits per heavy atom. The molecule has 3 aliphatic rings. The maximum absolute atomic E-state index is 6.02. The highest BCUT2D eigenvalue weighted by Gasteiger charge is 2.33. The van der Waals surface area contributed by atoms with Gasteiger partial charge in [0, 0.05) is 12.8 Å². The lowest BCUT2D eigenvalue weighted by Gasteiger charge is -2.23. The van der Waals surface area contributed by atoms with E-state index in [9.17, 15) is 0 Å². The molecule has 9 nitrogen and oxygen atoms in total. The molecule has 0 amide bonds. The Hall–Kier alpha value is -3.07. The van der Waals surface area contributed by atoms with Crippen LogP contribution in [-0.2, 0) is 4.74 Å². The van der Waals surface area contributed by atoms with Gasteiger partial charge in [-0.25, -0.2) is 19.2 Å². The van der Waals surface area contributed by atoms with E-state index in [0.717, 1.165) is 59.5 Å². The Morgan fingerprint density at radius 3 is 2.97 bits per heavy atom. The summed E-state index contributed by atoms with van der Waals surface area (Å²) in [5.74, 6) is 1.17. The number of nitrogens with one attached hydrogen (secondary N) is 1. The van der Waals surface area contributed by atoms with Crippen molar-refractivity contribution in [3.63, 3.8) is 0 Å². The third-order valence-electron chi connectivity index (χ3n) is 6.45. The summed E-state index contributed by atoms with van der Waals surface area (Å²) in [6, 6.07) is 2.31. The van der Waals surface area contributed by atoms with Crippen molar-refractivity contribution >= 4 is 28.3 Å². The van der Waals surface area contributed by atoms with Crippen molar-refractivity contribution in [1.82, 2.24) is 34.3 Å². The number of pyridine rings is 1. The van der Waals surface area contributed by atoms with Crippen molar-refractivity contribution in [2.45, 2.75) is 51.7 Å². The number of anilines is 2. The molecule has 1 N–H and O–H groups in total. The molecule has 0 aromatic carbocycles. The zero-order valence-electron chi connectivity index (χ0n) is 17.1. The molecular weight excluding hydrogens is 380 g/mol. The fraction of sp³-hybridized carbons (Fsp3) is 0.476. The van der Waals surface area contributed by atoms with Gasteiger partial charge in [-0.2, -0.15) is 15.2 Å². The van der Waals surface area contributed by atoms with Gasteiger partial charge in [0.2, 0.25) is 5.95 Å². The third kappa shape index (κ3) is 2.92. The highest BCUT2D eigenvalue weighted by molar-refractivity contribution is 5.79. The zero-order chi connectivity index (χ0) is 20.2. The Kier molecular flexibility index (Phi) is 3.98. The Bertz CT molecular complexity index is 1220. The van der Waals surface area contributed by atoms with Crippen LogP contribution in [0.15, 0.2) is 24.8 Å². The normalized spacial score (nSPS) is 23.9. The average Bonchev–Trinajstić information content (AvgIpc) is 3.18. The predicted molar refractivity (Wildman–Crippen MR) is 112 cm³/mol. The van der Waals surface area contributed by atoms with Gasteiger partial charge in [0.1, 0.15) is 6.33 Å². The molecule has 2 bridgehead atoms. The van der Waals surface area contributed by atoms with Crippen molar-refractivity contribution in [1.29, 1.82) is 0 Å². The molecule has 7 rings (SSSR count). The zero-order valence-corrected chi connectivity index (χ0v) is 17.1. The summed E-state index contributed by atoms with van der Waals surface area (Å²) in [5, 5.41) is 13.4. The van der Waals surface area contributed by atoms with Crippen molar-refractivity contribution in [2.75, 3.05) is 11.9 Å². The van der Waals surface area contributed by atoms with Gasteiger partial charge < -0.3 is 10.1 Å². The molecule has 9 heteroatoms. The minimum Gasteiger partial charge on any atom is -0.378 e. The van der Waals surface area contributed by atoms with Crippen LogP contribution in [0.1, 0.15) is 43.0 Å². The van der Waals surface area contributed by atoms with Gasteiger partial charge in [-0.05, 0) is 57.1 Å². The number of hydrogen-bond acceptors (Lipinski definition) is 7. The van der Waals surface area contributed by atoms with Crippen molar-refractivity contribution in [2.24, 2.45) is 5.92 Å². The molecular formula is C21H24N8O. The first-order chi connectivity index (χ1) is 14.6. The topological polar surface area (TPSA) is 95.1 Å². The summed E-state index contributed by atoms with van der Waals surface area (Å²) < 4.78 is 9.87. The minimum atomic E-state index is 0.317. The van der Waals surface area contributed by atoms with Gasteiger partial charge in [0.05, 0.1) is 35.1 Å². The van der Waals surface area contributed by atoms with Crippen molar-refractivity contribution < 1.29 is 4.74 Å². The van der Waals surface area contributed by atoms with Gasteiger partial charge in [-0.1, -0.05) is 0 Å². The second-order valence-corrected chi connectivity index (χ2v) is 8.54. The average molecular weight is 404 g/mol. The standard InChI is InChI=1S/C21H24N8O/c1-12-5-19-23-11-24-28(19)9-18(12)25-21-22-8-17-13(2)27-29(20(17)26-21)15-6-14-3-4-16(7-15)30-10-14/h5,8-9,11,14-16H,3-4,6-7,10H2,1-2H3,(H,22,25,26)/t14?,15-,16-/m1/s1. The Balaban J connectivity index is 1.38. The fourth-order valence-electron chi connectivity index (χ4n) is 4.81. The highest BCUT2D eigenvalue weighted by atomic mass is 16.5. The maximum Gasteiger partial charge on any atom is 0.229 e. The third-order valence-corrected chi connectivity index (χ3v) is 6.45. The molecule has 4 aromatic heterocycles. The lowest BCUT2D eigenvalue weighted by atomic mass is 9.98. The lowest BCUT2D eigenvalue weighted by molar-refractivity contribution is -0.00236. The maximum atomic E-state index is 6.02. The molecule has 1 aliphatic carbocycles. The molecule has 4 aromatic rings. The van der Waals surface area contributed by atoms with E-state index in [1.54, 1.807) is 10.8 Å². The van der Waals surface area contributed by atoms with Crippen LogP contribution in [0.5, 0.6) is 0 Å². The van der Waals surface area contributed by atoms with Gasteiger partial charge in [-0.3, -0.25) is 0 Å². The summed E-state index contributed by atoms with van der Waals surface area (Å²) >= 11 is 0. The molecule has 3 atom stereocenters. The van der Waals surface area contributed by atoms with Crippen LogP contribution in [0, 0.1) is 19.8 Å². The lowest BCUT2D eigenvalue weighted by Crippen LogP contribution is -2.21. The van der Waals surface area contributed by atoms with Gasteiger partial charge >= 0.3 is 0 Å². The summed E-state index contributed by atoms with van der Waals surface area (Å²) in [5.41, 5.74) is 4.62. The number of aromatic nitrogens is 7. The molecule has 0 spiro atoms. The summed E-state index contributed by atoms with van der Waals surface area (Å²) in [6.45, 7) is 4.94. The monoisotopic (exact) mass is 404 g/mol. The van der Waals surface area contributed by atoms with E-state index in [2.05, 4.69) is 25.1 Å². The Labute approximate surface area is 173 Å². The molecule has 1 unspecified atom stereocenters. The van der Waals surface area contributed by atoms with Crippen LogP contribution >= 0.6 is 0 Å². The van der Waals surface area contributed by atoms with E-state index in [1.165, 1.54) is 6.42 Å². The molecule has 6 heterocycles. The number of ether oxygens (including phenoxy) is 1. The van der Waals surface area contributed by atoms with E-state index >= 15 is 0 Å². The molecule has 154 valence electrons. The SMILES string of the molecule is Cc1cc2ncnn2cc1Nc1ncc2c(C)nn([C@@H]3CC4CC[C@H](C3)OC4)c2n1. The summed E-state index contributed by atoms with van der Waals surface area (Å²) in [4.78, 5) is 13.6. The minimum absolute atomic E-state index is 0.317. The summed E-state index contributed by atoms with van der Waals surface area (Å²) in [6.07, 6.45) is 10.2. The molecule has 2 saturated heterocycles. The quantitative estimate of drug-likeness (QED) is 0.559. The first-order valence-electron chi connectivity index (χ1n) is 10.5. The van der Waals surface area contributed by atoms with E-state index < -0.39 is 0 Å². The summed E-state index contributed by atoms with van der Waals surface area (Å²) in [7, 11) is 0. The molecule has 1 saturated carbocycles. The van der Waals surface area contributed by atoms with Gasteiger partial charge in [-0.15, -0.1) is 0 Å². The first kappa shape index (κ1) is 17.8. The molecule has 3 fully saturated rings. The number of hydrogen-bond donors (Lipinski definition) is 1. The van der Waals surface area contributed by atoms with Crippen LogP contribution in [0.4, 0.5) is 11.6 Å². The molecule has 30 heavy (non-hydrogen) atoms. The Morgan fingerprint density at radius 1 is 1.17 bits per heavy atom. The molecule has 2 aliphatic heterocycles.